The van der Waals surface area contributed by atoms with Gasteiger partial charge < -0.3 is 4.74 Å². The molecule has 1 aromatic rings. The lowest BCUT2D eigenvalue weighted by atomic mass is 10.0. The third kappa shape index (κ3) is 5.72. The van der Waals surface area contributed by atoms with Crippen LogP contribution < -0.4 is 0 Å². The second-order valence-corrected chi connectivity index (χ2v) is 4.66. The molecule has 98 valence electrons. The van der Waals surface area contributed by atoms with E-state index in [1.54, 1.807) is 0 Å². The van der Waals surface area contributed by atoms with Gasteiger partial charge in [0, 0.05) is 0 Å². The molecule has 0 saturated carbocycles. The second kappa shape index (κ2) is 9.53. The molecule has 0 radical (unpaired) electrons. The molecule has 0 aliphatic heterocycles. The molecule has 2 nitrogen and oxygen atoms in total. The van der Waals surface area contributed by atoms with Crippen LogP contribution in [0.5, 0.6) is 0 Å². The Morgan fingerprint density at radius 2 is 1.72 bits per heavy atom. The topological polar surface area (TPSA) is 33.0 Å². The molecule has 0 aromatic heterocycles. The summed E-state index contributed by atoms with van der Waals surface area (Å²) in [5.74, 6) is 0. The molecule has 0 heterocycles. The fourth-order valence-corrected chi connectivity index (χ4v) is 2.14. The molecule has 1 atom stereocenters. The molecule has 0 fully saturated rings. The average molecular weight is 245 g/mol. The van der Waals surface area contributed by atoms with Gasteiger partial charge in [0.05, 0.1) is 0 Å². The molecule has 2 heteroatoms. The molecule has 18 heavy (non-hydrogen) atoms. The summed E-state index contributed by atoms with van der Waals surface area (Å²) in [6.07, 6.45) is 10.3. The highest BCUT2D eigenvalue weighted by molar-refractivity contribution is 5.17. The van der Waals surface area contributed by atoms with Crippen LogP contribution >= 0.6 is 0 Å². The van der Waals surface area contributed by atoms with Crippen LogP contribution in [0.25, 0.3) is 0 Å². The largest absolute Gasteiger partial charge is 0.419 e. The van der Waals surface area contributed by atoms with Crippen molar-refractivity contribution in [1.82, 2.24) is 0 Å². The average Bonchev–Trinajstić information content (AvgIpc) is 2.42. The minimum Gasteiger partial charge on any atom is -0.419 e. The molecule has 1 unspecified atom stereocenters. The van der Waals surface area contributed by atoms with Crippen LogP contribution in [-0.2, 0) is 4.74 Å². The lowest BCUT2D eigenvalue weighted by Gasteiger charge is -2.14. The Morgan fingerprint density at radius 1 is 1.06 bits per heavy atom. The van der Waals surface area contributed by atoms with Crippen LogP contribution in [0.4, 0.5) is 0 Å². The third-order valence-electron chi connectivity index (χ3n) is 3.19. The molecule has 0 spiro atoms. The summed E-state index contributed by atoms with van der Waals surface area (Å²) < 4.78 is 5.16. The van der Waals surface area contributed by atoms with Crippen molar-refractivity contribution in [2.75, 3.05) is 0 Å². The van der Waals surface area contributed by atoms with Gasteiger partial charge in [0.15, 0.2) is 0 Å². The summed E-state index contributed by atoms with van der Waals surface area (Å²) in [5, 5.41) is 8.70. The summed E-state index contributed by atoms with van der Waals surface area (Å²) in [7, 11) is 0. The van der Waals surface area contributed by atoms with Gasteiger partial charge >= 0.3 is 0 Å². The van der Waals surface area contributed by atoms with Crippen molar-refractivity contribution in [3.05, 3.63) is 35.9 Å². The molecule has 0 bridgehead atoms. The van der Waals surface area contributed by atoms with Crippen LogP contribution in [-0.4, -0.2) is 0 Å². The smallest absolute Gasteiger partial charge is 0.286 e. The maximum absolute atomic E-state index is 8.70. The fourth-order valence-electron chi connectivity index (χ4n) is 2.14. The number of nitriles is 1. The van der Waals surface area contributed by atoms with Crippen LogP contribution in [0, 0.1) is 11.5 Å². The van der Waals surface area contributed by atoms with E-state index < -0.39 is 0 Å². The molecular weight excluding hydrogens is 222 g/mol. The molecule has 1 aromatic carbocycles. The Labute approximate surface area is 111 Å². The minimum absolute atomic E-state index is 0.0672. The Hall–Kier alpha value is -1.49. The van der Waals surface area contributed by atoms with Gasteiger partial charge in [0.1, 0.15) is 6.10 Å². The van der Waals surface area contributed by atoms with E-state index >= 15 is 0 Å². The quantitative estimate of drug-likeness (QED) is 0.454. The lowest BCUT2D eigenvalue weighted by molar-refractivity contribution is 0.150. The zero-order valence-corrected chi connectivity index (χ0v) is 11.3. The summed E-state index contributed by atoms with van der Waals surface area (Å²) in [6, 6.07) is 10.0. The second-order valence-electron chi connectivity index (χ2n) is 4.66. The number of ether oxygens (including phenoxy) is 1. The first-order chi connectivity index (χ1) is 8.88. The summed E-state index contributed by atoms with van der Waals surface area (Å²) in [6.45, 7) is 2.23. The molecule has 0 aliphatic rings. The fraction of sp³-hybridized carbons (Fsp3) is 0.562. The van der Waals surface area contributed by atoms with Crippen LogP contribution in [0.1, 0.15) is 63.5 Å². The first kappa shape index (κ1) is 14.6. The predicted molar refractivity (Wildman–Crippen MR) is 73.9 cm³/mol. The Bertz CT molecular complexity index is 342. The van der Waals surface area contributed by atoms with Crippen molar-refractivity contribution in [2.45, 2.75) is 58.0 Å². The van der Waals surface area contributed by atoms with E-state index in [1.807, 2.05) is 36.6 Å². The van der Waals surface area contributed by atoms with E-state index in [0.29, 0.717) is 0 Å². The number of nitrogens with zero attached hydrogens (tertiary/aromatic N) is 1. The van der Waals surface area contributed by atoms with Gasteiger partial charge in [-0.3, -0.25) is 0 Å². The van der Waals surface area contributed by atoms with Crippen molar-refractivity contribution < 1.29 is 4.74 Å². The zero-order chi connectivity index (χ0) is 13.1. The number of unbranched alkanes of at least 4 members (excludes halogenated alkanes) is 5. The molecule has 0 saturated heterocycles. The standard InChI is InChI=1S/C16H23NO/c1-2-3-4-5-6-10-13-16(18-14-17)15-11-8-7-9-12-15/h7-9,11-12,16H,2-6,10,13H2,1H3. The Morgan fingerprint density at radius 3 is 2.39 bits per heavy atom. The molecule has 0 aliphatic carbocycles. The first-order valence-corrected chi connectivity index (χ1v) is 6.98. The van der Waals surface area contributed by atoms with Gasteiger partial charge in [-0.05, 0) is 18.4 Å². The zero-order valence-electron chi connectivity index (χ0n) is 11.3. The van der Waals surface area contributed by atoms with Crippen LogP contribution in [0.2, 0.25) is 0 Å². The molecular formula is C16H23NO. The summed E-state index contributed by atoms with van der Waals surface area (Å²) >= 11 is 0. The van der Waals surface area contributed by atoms with Crippen LogP contribution in [0.3, 0.4) is 0 Å². The van der Waals surface area contributed by atoms with E-state index in [4.69, 9.17) is 10.00 Å². The van der Waals surface area contributed by atoms with E-state index in [-0.39, 0.29) is 6.10 Å². The van der Waals surface area contributed by atoms with Gasteiger partial charge in [-0.25, -0.2) is 0 Å². The maximum Gasteiger partial charge on any atom is 0.286 e. The minimum atomic E-state index is -0.0672. The third-order valence-corrected chi connectivity index (χ3v) is 3.19. The van der Waals surface area contributed by atoms with Crippen LogP contribution in [0.15, 0.2) is 30.3 Å². The monoisotopic (exact) mass is 245 g/mol. The van der Waals surface area contributed by atoms with Crippen molar-refractivity contribution in [2.24, 2.45) is 0 Å². The van der Waals surface area contributed by atoms with Gasteiger partial charge in [-0.1, -0.05) is 69.4 Å². The highest BCUT2D eigenvalue weighted by atomic mass is 16.5. The molecule has 1 rings (SSSR count). The SMILES string of the molecule is CCCCCCCCC(OC#N)c1ccccc1. The van der Waals surface area contributed by atoms with Gasteiger partial charge in [-0.2, -0.15) is 5.26 Å². The maximum atomic E-state index is 8.70. The first-order valence-electron chi connectivity index (χ1n) is 6.98. The normalized spacial score (nSPS) is 11.8. The van der Waals surface area contributed by atoms with E-state index in [9.17, 15) is 0 Å². The number of benzene rings is 1. The highest BCUT2D eigenvalue weighted by Gasteiger charge is 2.11. The summed E-state index contributed by atoms with van der Waals surface area (Å²) in [4.78, 5) is 0. The predicted octanol–water partition coefficient (Wildman–Crippen LogP) is 4.98. The van der Waals surface area contributed by atoms with Crippen molar-refractivity contribution in [3.63, 3.8) is 0 Å². The van der Waals surface area contributed by atoms with E-state index in [0.717, 1.165) is 18.4 Å². The van der Waals surface area contributed by atoms with Gasteiger partial charge in [-0.15, -0.1) is 0 Å². The molecule has 0 amide bonds. The van der Waals surface area contributed by atoms with Crippen molar-refractivity contribution in [1.29, 1.82) is 5.26 Å². The number of hydrogen-bond donors (Lipinski definition) is 0. The Kier molecular flexibility index (Phi) is 7.72. The van der Waals surface area contributed by atoms with Crippen molar-refractivity contribution >= 4 is 0 Å². The number of rotatable bonds is 9. The highest BCUT2D eigenvalue weighted by Crippen LogP contribution is 2.23. The lowest BCUT2D eigenvalue weighted by Crippen LogP contribution is -2.00. The number of hydrogen-bond acceptors (Lipinski definition) is 2. The van der Waals surface area contributed by atoms with E-state index in [2.05, 4.69) is 6.92 Å². The Balaban J connectivity index is 2.29. The van der Waals surface area contributed by atoms with Gasteiger partial charge in [0.2, 0.25) is 0 Å². The van der Waals surface area contributed by atoms with E-state index in [1.165, 1.54) is 32.1 Å². The van der Waals surface area contributed by atoms with Gasteiger partial charge in [0.25, 0.3) is 6.26 Å². The summed E-state index contributed by atoms with van der Waals surface area (Å²) in [5.41, 5.74) is 1.10. The molecule has 0 N–H and O–H groups in total. The van der Waals surface area contributed by atoms with Crippen molar-refractivity contribution in [3.8, 4) is 6.26 Å².